The van der Waals surface area contributed by atoms with E-state index in [0.717, 1.165) is 13.1 Å². The Hall–Kier alpha value is -0.570. The van der Waals surface area contributed by atoms with E-state index in [4.69, 9.17) is 0 Å². The molecule has 0 aromatic heterocycles. The molecule has 1 aliphatic heterocycles. The second kappa shape index (κ2) is 2.81. The molecule has 2 N–H and O–H groups in total. The summed E-state index contributed by atoms with van der Waals surface area (Å²) in [5.74, 6) is 0.128. The molecule has 1 rings (SSSR count). The first-order valence-electron chi connectivity index (χ1n) is 4.03. The maximum absolute atomic E-state index is 11.3. The minimum Gasteiger partial charge on any atom is -0.353 e. The molecule has 1 saturated heterocycles. The molecule has 0 spiro atoms. The molecule has 1 fully saturated rings. The van der Waals surface area contributed by atoms with Crippen molar-refractivity contribution >= 4 is 5.91 Å². The highest BCUT2D eigenvalue weighted by Crippen LogP contribution is 2.19. The third kappa shape index (κ3) is 1.93. The van der Waals surface area contributed by atoms with Gasteiger partial charge in [0.05, 0.1) is 6.04 Å². The molecular weight excluding hydrogens is 140 g/mol. The smallest absolute Gasteiger partial charge is 0.237 e. The molecule has 64 valence electrons. The van der Waals surface area contributed by atoms with Crippen LogP contribution in [0.5, 0.6) is 0 Å². The number of piperazine rings is 1. The highest BCUT2D eigenvalue weighted by Gasteiger charge is 2.32. The fraction of sp³-hybridized carbons (Fsp3) is 0.875. The molecule has 1 amide bonds. The Labute approximate surface area is 67.5 Å². The zero-order valence-corrected chi connectivity index (χ0v) is 7.40. The number of hydrogen-bond acceptors (Lipinski definition) is 2. The largest absolute Gasteiger partial charge is 0.353 e. The molecule has 1 heterocycles. The van der Waals surface area contributed by atoms with E-state index in [-0.39, 0.29) is 17.4 Å². The Balaban J connectivity index is 2.62. The first-order chi connectivity index (χ1) is 5.02. The quantitative estimate of drug-likeness (QED) is 0.523. The maximum Gasteiger partial charge on any atom is 0.237 e. The third-order valence-corrected chi connectivity index (χ3v) is 1.90. The van der Waals surface area contributed by atoms with E-state index in [0.29, 0.717) is 0 Å². The van der Waals surface area contributed by atoms with Crippen LogP contribution in [-0.2, 0) is 4.79 Å². The third-order valence-electron chi connectivity index (χ3n) is 1.90. The van der Waals surface area contributed by atoms with Gasteiger partial charge in [-0.25, -0.2) is 0 Å². The molecule has 0 aliphatic carbocycles. The van der Waals surface area contributed by atoms with Gasteiger partial charge in [-0.2, -0.15) is 0 Å². The summed E-state index contributed by atoms with van der Waals surface area (Å²) in [7, 11) is 0. The standard InChI is InChI=1S/C8H16N2O/c1-8(2,3)6-7(11)10-5-4-9-6/h6,9H,4-5H2,1-3H3,(H,10,11). The Morgan fingerprint density at radius 2 is 2.00 bits per heavy atom. The predicted octanol–water partition coefficient (Wildman–Crippen LogP) is 0.120. The van der Waals surface area contributed by atoms with E-state index in [1.165, 1.54) is 0 Å². The van der Waals surface area contributed by atoms with Gasteiger partial charge in [0, 0.05) is 13.1 Å². The van der Waals surface area contributed by atoms with E-state index in [2.05, 4.69) is 31.4 Å². The van der Waals surface area contributed by atoms with Crippen LogP contribution in [0.2, 0.25) is 0 Å². The number of hydrogen-bond donors (Lipinski definition) is 2. The zero-order chi connectivity index (χ0) is 8.48. The summed E-state index contributed by atoms with van der Waals surface area (Å²) < 4.78 is 0. The van der Waals surface area contributed by atoms with Crippen LogP contribution in [0.25, 0.3) is 0 Å². The number of carbonyl (C=O) groups is 1. The van der Waals surface area contributed by atoms with Crippen LogP contribution >= 0.6 is 0 Å². The van der Waals surface area contributed by atoms with E-state index in [9.17, 15) is 4.79 Å². The summed E-state index contributed by atoms with van der Waals surface area (Å²) in [4.78, 5) is 11.3. The second-order valence-electron chi connectivity index (χ2n) is 4.04. The fourth-order valence-corrected chi connectivity index (χ4v) is 1.30. The first-order valence-corrected chi connectivity index (χ1v) is 4.03. The monoisotopic (exact) mass is 156 g/mol. The molecule has 1 aliphatic rings. The number of rotatable bonds is 0. The van der Waals surface area contributed by atoms with Crippen molar-refractivity contribution in [2.75, 3.05) is 13.1 Å². The molecule has 1 unspecified atom stereocenters. The summed E-state index contributed by atoms with van der Waals surface area (Å²) in [6.07, 6.45) is 0. The van der Waals surface area contributed by atoms with Crippen molar-refractivity contribution in [3.8, 4) is 0 Å². The van der Waals surface area contributed by atoms with Crippen molar-refractivity contribution in [3.05, 3.63) is 0 Å². The van der Waals surface area contributed by atoms with Crippen molar-refractivity contribution < 1.29 is 4.79 Å². The average Bonchev–Trinajstić information content (AvgIpc) is 1.86. The van der Waals surface area contributed by atoms with Gasteiger partial charge in [0.25, 0.3) is 0 Å². The lowest BCUT2D eigenvalue weighted by atomic mass is 9.85. The van der Waals surface area contributed by atoms with Gasteiger partial charge in [-0.3, -0.25) is 4.79 Å². The molecule has 0 bridgehead atoms. The van der Waals surface area contributed by atoms with E-state index in [1.807, 2.05) is 0 Å². The van der Waals surface area contributed by atoms with Crippen LogP contribution in [0.3, 0.4) is 0 Å². The fourth-order valence-electron chi connectivity index (χ4n) is 1.30. The van der Waals surface area contributed by atoms with Crippen LogP contribution in [0.1, 0.15) is 20.8 Å². The van der Waals surface area contributed by atoms with Gasteiger partial charge in [-0.1, -0.05) is 20.8 Å². The number of amides is 1. The molecule has 3 nitrogen and oxygen atoms in total. The molecular formula is C8H16N2O. The van der Waals surface area contributed by atoms with Crippen LogP contribution in [0.15, 0.2) is 0 Å². The lowest BCUT2D eigenvalue weighted by molar-refractivity contribution is -0.126. The number of carbonyl (C=O) groups excluding carboxylic acids is 1. The molecule has 3 heteroatoms. The van der Waals surface area contributed by atoms with Gasteiger partial charge >= 0.3 is 0 Å². The van der Waals surface area contributed by atoms with Crippen LogP contribution in [-0.4, -0.2) is 25.0 Å². The second-order valence-corrected chi connectivity index (χ2v) is 4.04. The SMILES string of the molecule is CC(C)(C)C1NCCNC1=O. The summed E-state index contributed by atoms with van der Waals surface area (Å²) in [6.45, 7) is 7.83. The topological polar surface area (TPSA) is 41.1 Å². The van der Waals surface area contributed by atoms with Gasteiger partial charge in [0.2, 0.25) is 5.91 Å². The Kier molecular flexibility index (Phi) is 2.18. The van der Waals surface area contributed by atoms with Gasteiger partial charge in [-0.05, 0) is 5.41 Å². The summed E-state index contributed by atoms with van der Waals surface area (Å²) in [5, 5.41) is 6.03. The van der Waals surface area contributed by atoms with Crippen LogP contribution in [0, 0.1) is 5.41 Å². The van der Waals surface area contributed by atoms with Crippen molar-refractivity contribution in [3.63, 3.8) is 0 Å². The van der Waals surface area contributed by atoms with Gasteiger partial charge in [0.1, 0.15) is 0 Å². The van der Waals surface area contributed by atoms with E-state index in [1.54, 1.807) is 0 Å². The molecule has 11 heavy (non-hydrogen) atoms. The van der Waals surface area contributed by atoms with E-state index < -0.39 is 0 Å². The van der Waals surface area contributed by atoms with Crippen LogP contribution in [0.4, 0.5) is 0 Å². The van der Waals surface area contributed by atoms with Gasteiger partial charge < -0.3 is 10.6 Å². The van der Waals surface area contributed by atoms with Crippen molar-refractivity contribution in [1.29, 1.82) is 0 Å². The molecule has 1 atom stereocenters. The first kappa shape index (κ1) is 8.53. The minimum atomic E-state index is -0.0313. The number of nitrogens with one attached hydrogen (secondary N) is 2. The summed E-state index contributed by atoms with van der Waals surface area (Å²) in [6, 6.07) is -0.0313. The summed E-state index contributed by atoms with van der Waals surface area (Å²) >= 11 is 0. The lowest BCUT2D eigenvalue weighted by Gasteiger charge is -2.33. The normalized spacial score (nSPS) is 26.5. The van der Waals surface area contributed by atoms with E-state index >= 15 is 0 Å². The summed E-state index contributed by atoms with van der Waals surface area (Å²) in [5.41, 5.74) is 0.0184. The highest BCUT2D eigenvalue weighted by atomic mass is 16.2. The van der Waals surface area contributed by atoms with Crippen molar-refractivity contribution in [1.82, 2.24) is 10.6 Å². The molecule has 0 aromatic rings. The van der Waals surface area contributed by atoms with Crippen molar-refractivity contribution in [2.45, 2.75) is 26.8 Å². The Bertz CT molecular complexity index is 160. The Morgan fingerprint density at radius 1 is 1.36 bits per heavy atom. The highest BCUT2D eigenvalue weighted by molar-refractivity contribution is 5.83. The van der Waals surface area contributed by atoms with Gasteiger partial charge in [-0.15, -0.1) is 0 Å². The molecule has 0 aromatic carbocycles. The van der Waals surface area contributed by atoms with Crippen LogP contribution < -0.4 is 10.6 Å². The van der Waals surface area contributed by atoms with Gasteiger partial charge in [0.15, 0.2) is 0 Å². The molecule has 0 saturated carbocycles. The minimum absolute atomic E-state index is 0.0184. The zero-order valence-electron chi connectivity index (χ0n) is 7.40. The Morgan fingerprint density at radius 3 is 2.36 bits per heavy atom. The average molecular weight is 156 g/mol. The maximum atomic E-state index is 11.3. The predicted molar refractivity (Wildman–Crippen MR) is 44.3 cm³/mol. The molecule has 0 radical (unpaired) electrons. The van der Waals surface area contributed by atoms with Crippen molar-refractivity contribution in [2.24, 2.45) is 5.41 Å². The lowest BCUT2D eigenvalue weighted by Crippen LogP contribution is -2.58.